The lowest BCUT2D eigenvalue weighted by Gasteiger charge is -2.11. The first-order valence-electron chi connectivity index (χ1n) is 7.62. The lowest BCUT2D eigenvalue weighted by molar-refractivity contribution is -0.139. The summed E-state index contributed by atoms with van der Waals surface area (Å²) >= 11 is 9.21. The van der Waals surface area contributed by atoms with Crippen LogP contribution in [0.2, 0.25) is 5.02 Å². The molecule has 0 aromatic heterocycles. The van der Waals surface area contributed by atoms with E-state index in [0.29, 0.717) is 26.5 Å². The normalized spacial score (nSPS) is 15.2. The van der Waals surface area contributed by atoms with Crippen molar-refractivity contribution in [3.8, 4) is 5.75 Å². The maximum absolute atomic E-state index is 12.6. The van der Waals surface area contributed by atoms with Crippen LogP contribution in [0, 0.1) is 0 Å². The second-order valence-corrected chi connectivity index (χ2v) is 6.77. The van der Waals surface area contributed by atoms with E-state index in [9.17, 15) is 14.4 Å². The molecule has 138 valence electrons. The highest BCUT2D eigenvalue weighted by Gasteiger charge is 2.34. The number of carboxylic acid groups (broad SMARTS) is 1. The van der Waals surface area contributed by atoms with Crippen molar-refractivity contribution < 1.29 is 24.2 Å². The number of benzene rings is 2. The zero-order chi connectivity index (χ0) is 19.6. The molecule has 27 heavy (non-hydrogen) atoms. The fourth-order valence-electron chi connectivity index (χ4n) is 2.41. The number of hydrogen-bond donors (Lipinski definition) is 2. The van der Waals surface area contributed by atoms with Gasteiger partial charge < -0.3 is 15.2 Å². The highest BCUT2D eigenvalue weighted by molar-refractivity contribution is 9.10. The van der Waals surface area contributed by atoms with Gasteiger partial charge in [0.1, 0.15) is 11.4 Å². The van der Waals surface area contributed by atoms with Crippen LogP contribution in [0.15, 0.2) is 52.6 Å². The van der Waals surface area contributed by atoms with Gasteiger partial charge in [-0.25, -0.2) is 14.5 Å². The molecule has 0 aliphatic carbocycles. The van der Waals surface area contributed by atoms with Gasteiger partial charge >= 0.3 is 12.0 Å². The Morgan fingerprint density at radius 3 is 2.70 bits per heavy atom. The molecule has 2 N–H and O–H groups in total. The second kappa shape index (κ2) is 7.81. The monoisotopic (exact) mass is 450 g/mol. The minimum atomic E-state index is -1.09. The van der Waals surface area contributed by atoms with Crippen molar-refractivity contribution in [1.82, 2.24) is 5.32 Å². The summed E-state index contributed by atoms with van der Waals surface area (Å²) in [5.41, 5.74) is 1.08. The molecule has 0 atom stereocenters. The SMILES string of the molecule is O=C(O)COc1ccc(/C=C2/NC(=O)N(c3cccc(Cl)c3)C2=O)cc1Br. The number of carbonyl (C=O) groups excluding carboxylic acids is 2. The topological polar surface area (TPSA) is 95.9 Å². The number of nitrogens with one attached hydrogen (secondary N) is 1. The van der Waals surface area contributed by atoms with Gasteiger partial charge in [-0.1, -0.05) is 23.7 Å². The molecular weight excluding hydrogens is 440 g/mol. The first-order chi connectivity index (χ1) is 12.8. The molecular formula is C18H12BrClN2O5. The number of ether oxygens (including phenoxy) is 1. The summed E-state index contributed by atoms with van der Waals surface area (Å²) in [4.78, 5) is 36.4. The number of nitrogens with zero attached hydrogens (tertiary/aromatic N) is 1. The molecule has 1 aliphatic heterocycles. The van der Waals surface area contributed by atoms with Gasteiger partial charge in [-0.3, -0.25) is 4.79 Å². The number of aliphatic carboxylic acids is 1. The van der Waals surface area contributed by atoms with Gasteiger partial charge in [0.05, 0.1) is 10.2 Å². The number of imide groups is 1. The number of urea groups is 1. The molecule has 0 spiro atoms. The maximum Gasteiger partial charge on any atom is 0.341 e. The van der Waals surface area contributed by atoms with Gasteiger partial charge in [0.15, 0.2) is 6.61 Å². The Hall–Kier alpha value is -2.84. The van der Waals surface area contributed by atoms with Crippen molar-refractivity contribution in [3.63, 3.8) is 0 Å². The fraction of sp³-hybridized carbons (Fsp3) is 0.0556. The van der Waals surface area contributed by atoms with E-state index in [-0.39, 0.29) is 5.70 Å². The van der Waals surface area contributed by atoms with Crippen LogP contribution in [-0.4, -0.2) is 29.6 Å². The van der Waals surface area contributed by atoms with Crippen LogP contribution in [0.4, 0.5) is 10.5 Å². The summed E-state index contributed by atoms with van der Waals surface area (Å²) in [6.07, 6.45) is 1.51. The minimum absolute atomic E-state index is 0.103. The van der Waals surface area contributed by atoms with E-state index in [0.717, 1.165) is 4.90 Å². The number of hydrogen-bond acceptors (Lipinski definition) is 4. The summed E-state index contributed by atoms with van der Waals surface area (Å²) in [6, 6.07) is 10.7. The predicted octanol–water partition coefficient (Wildman–Crippen LogP) is 3.66. The molecule has 2 aromatic rings. The van der Waals surface area contributed by atoms with E-state index in [1.54, 1.807) is 36.4 Å². The molecule has 0 bridgehead atoms. The number of halogens is 2. The zero-order valence-electron chi connectivity index (χ0n) is 13.6. The van der Waals surface area contributed by atoms with E-state index in [2.05, 4.69) is 21.2 Å². The summed E-state index contributed by atoms with van der Waals surface area (Å²) in [6.45, 7) is -0.470. The average molecular weight is 452 g/mol. The Morgan fingerprint density at radius 1 is 1.26 bits per heavy atom. The Labute approximate surface area is 167 Å². The van der Waals surface area contributed by atoms with Crippen molar-refractivity contribution in [2.75, 3.05) is 11.5 Å². The summed E-state index contributed by atoms with van der Waals surface area (Å²) < 4.78 is 5.64. The number of carboxylic acids is 1. The lowest BCUT2D eigenvalue weighted by Crippen LogP contribution is -2.30. The van der Waals surface area contributed by atoms with Crippen LogP contribution in [0.25, 0.3) is 6.08 Å². The smallest absolute Gasteiger partial charge is 0.341 e. The Balaban J connectivity index is 1.83. The van der Waals surface area contributed by atoms with Crippen molar-refractivity contribution in [2.24, 2.45) is 0 Å². The van der Waals surface area contributed by atoms with Gasteiger partial charge in [-0.2, -0.15) is 0 Å². The van der Waals surface area contributed by atoms with E-state index in [1.807, 2.05) is 0 Å². The number of amides is 3. The van der Waals surface area contributed by atoms with Crippen LogP contribution in [0.3, 0.4) is 0 Å². The Kier molecular flexibility index (Phi) is 5.48. The van der Waals surface area contributed by atoms with Crippen molar-refractivity contribution in [3.05, 3.63) is 63.2 Å². The Morgan fingerprint density at radius 2 is 2.04 bits per heavy atom. The zero-order valence-corrected chi connectivity index (χ0v) is 16.0. The molecule has 3 amide bonds. The third kappa shape index (κ3) is 4.29. The average Bonchev–Trinajstić information content (AvgIpc) is 2.87. The van der Waals surface area contributed by atoms with Crippen molar-refractivity contribution in [2.45, 2.75) is 0 Å². The van der Waals surface area contributed by atoms with Crippen LogP contribution in [0.5, 0.6) is 5.75 Å². The fourth-order valence-corrected chi connectivity index (χ4v) is 3.11. The van der Waals surface area contributed by atoms with Gasteiger partial charge in [0.25, 0.3) is 5.91 Å². The van der Waals surface area contributed by atoms with Crippen LogP contribution < -0.4 is 15.0 Å². The van der Waals surface area contributed by atoms with Crippen molar-refractivity contribution >= 4 is 57.2 Å². The van der Waals surface area contributed by atoms with Gasteiger partial charge in [-0.05, 0) is 57.9 Å². The van der Waals surface area contributed by atoms with E-state index in [1.165, 1.54) is 12.1 Å². The molecule has 3 rings (SSSR count). The minimum Gasteiger partial charge on any atom is -0.481 e. The first-order valence-corrected chi connectivity index (χ1v) is 8.79. The number of rotatable bonds is 5. The summed E-state index contributed by atoms with van der Waals surface area (Å²) in [7, 11) is 0. The van der Waals surface area contributed by atoms with Gasteiger partial charge in [0.2, 0.25) is 0 Å². The molecule has 0 radical (unpaired) electrons. The standard InChI is InChI=1S/C18H12BrClN2O5/c19-13-6-10(4-5-15(13)27-9-16(23)24)7-14-17(25)22(18(26)21-14)12-3-1-2-11(20)8-12/h1-8H,9H2,(H,21,26)(H,23,24)/b14-7+. The van der Waals surface area contributed by atoms with Crippen LogP contribution >= 0.6 is 27.5 Å². The largest absolute Gasteiger partial charge is 0.481 e. The molecule has 1 aliphatic rings. The molecule has 2 aromatic carbocycles. The predicted molar refractivity (Wildman–Crippen MR) is 103 cm³/mol. The molecule has 1 heterocycles. The molecule has 0 saturated carbocycles. The lowest BCUT2D eigenvalue weighted by atomic mass is 10.2. The highest BCUT2D eigenvalue weighted by atomic mass is 79.9. The Bertz CT molecular complexity index is 976. The molecule has 0 unspecified atom stereocenters. The van der Waals surface area contributed by atoms with E-state index < -0.39 is 24.5 Å². The van der Waals surface area contributed by atoms with Crippen LogP contribution in [-0.2, 0) is 9.59 Å². The highest BCUT2D eigenvalue weighted by Crippen LogP contribution is 2.28. The second-order valence-electron chi connectivity index (χ2n) is 5.48. The summed E-state index contributed by atoms with van der Waals surface area (Å²) in [5, 5.41) is 11.6. The van der Waals surface area contributed by atoms with Gasteiger partial charge in [-0.15, -0.1) is 0 Å². The number of anilines is 1. The van der Waals surface area contributed by atoms with Gasteiger partial charge in [0, 0.05) is 5.02 Å². The third-order valence-electron chi connectivity index (χ3n) is 3.56. The molecule has 1 saturated heterocycles. The number of carbonyl (C=O) groups is 3. The first kappa shape index (κ1) is 18.9. The molecule has 7 nitrogen and oxygen atoms in total. The third-order valence-corrected chi connectivity index (χ3v) is 4.42. The molecule has 9 heteroatoms. The van der Waals surface area contributed by atoms with Crippen molar-refractivity contribution in [1.29, 1.82) is 0 Å². The summed E-state index contributed by atoms with van der Waals surface area (Å²) in [5.74, 6) is -1.25. The van der Waals surface area contributed by atoms with E-state index >= 15 is 0 Å². The maximum atomic E-state index is 12.6. The quantitative estimate of drug-likeness (QED) is 0.534. The van der Waals surface area contributed by atoms with Crippen LogP contribution in [0.1, 0.15) is 5.56 Å². The van der Waals surface area contributed by atoms with E-state index in [4.69, 9.17) is 21.4 Å². The molecule has 1 fully saturated rings.